The molecule has 8 heteroatoms. The summed E-state index contributed by atoms with van der Waals surface area (Å²) in [5.41, 5.74) is 1.07. The molecule has 28 heavy (non-hydrogen) atoms. The van der Waals surface area contributed by atoms with Crippen LogP contribution in [0.25, 0.3) is 6.08 Å². The van der Waals surface area contributed by atoms with Crippen LogP contribution in [0, 0.1) is 17.1 Å². The van der Waals surface area contributed by atoms with Crippen LogP contribution in [-0.4, -0.2) is 21.2 Å². The number of aryl methyl sites for hydroxylation is 1. The standard InChI is InChI=1S/C16H13FN4O2S.C2H6.C2H4/c1-21-9-14-12(3-2-6-19-24(14)23)15(21)16(22)20-11-4-5-13(17)10(7-11)8-18;2*1-2/h2-5,7,9,19H,6H2,1H3,(H,20,22);1-2H3;1-2H2. The highest BCUT2D eigenvalue weighted by Gasteiger charge is 2.23. The maximum atomic E-state index is 13.4. The summed E-state index contributed by atoms with van der Waals surface area (Å²) in [5.74, 6) is -1.08. The normalized spacial score (nSPS) is 14.2. The predicted molar refractivity (Wildman–Crippen MR) is 111 cm³/mol. The predicted octanol–water partition coefficient (Wildman–Crippen LogP) is 3.76. The molecule has 1 unspecified atom stereocenters. The quantitative estimate of drug-likeness (QED) is 0.750. The fourth-order valence-electron chi connectivity index (χ4n) is 2.47. The molecule has 3 rings (SSSR count). The van der Waals surface area contributed by atoms with Gasteiger partial charge in [0.25, 0.3) is 5.91 Å². The SMILES string of the molecule is C=C.CC.Cn1cc2c(c1C(=O)Nc1ccc(F)c(C#N)c1)C=CCNS2=O. The van der Waals surface area contributed by atoms with Crippen molar-refractivity contribution in [2.24, 2.45) is 7.05 Å². The van der Waals surface area contributed by atoms with E-state index in [0.29, 0.717) is 28.4 Å². The summed E-state index contributed by atoms with van der Waals surface area (Å²) >= 11 is 0. The molecule has 0 saturated heterocycles. The van der Waals surface area contributed by atoms with Gasteiger partial charge < -0.3 is 9.88 Å². The van der Waals surface area contributed by atoms with Gasteiger partial charge >= 0.3 is 0 Å². The minimum Gasteiger partial charge on any atom is -0.345 e. The van der Waals surface area contributed by atoms with Crippen molar-refractivity contribution in [1.29, 1.82) is 5.26 Å². The fourth-order valence-corrected chi connectivity index (χ4v) is 3.49. The van der Waals surface area contributed by atoms with Gasteiger partial charge in [-0.05, 0) is 18.2 Å². The van der Waals surface area contributed by atoms with Gasteiger partial charge in [0.1, 0.15) is 28.6 Å². The van der Waals surface area contributed by atoms with Crippen molar-refractivity contribution in [2.45, 2.75) is 18.7 Å². The van der Waals surface area contributed by atoms with Crippen LogP contribution >= 0.6 is 0 Å². The molecule has 2 N–H and O–H groups in total. The molecule has 0 radical (unpaired) electrons. The third-order valence-electron chi connectivity index (χ3n) is 3.56. The van der Waals surface area contributed by atoms with Crippen molar-refractivity contribution in [3.8, 4) is 6.07 Å². The largest absolute Gasteiger partial charge is 0.345 e. The van der Waals surface area contributed by atoms with E-state index in [1.165, 1.54) is 12.1 Å². The Kier molecular flexibility index (Phi) is 9.02. The van der Waals surface area contributed by atoms with Crippen LogP contribution in [0.3, 0.4) is 0 Å². The van der Waals surface area contributed by atoms with E-state index >= 15 is 0 Å². The summed E-state index contributed by atoms with van der Waals surface area (Å²) in [6.45, 7) is 10.4. The Morgan fingerprint density at radius 3 is 2.71 bits per heavy atom. The van der Waals surface area contributed by atoms with Crippen LogP contribution < -0.4 is 10.0 Å². The van der Waals surface area contributed by atoms with Gasteiger partial charge in [-0.25, -0.2) is 13.3 Å². The van der Waals surface area contributed by atoms with Gasteiger partial charge in [0.2, 0.25) is 0 Å². The third-order valence-corrected chi connectivity index (χ3v) is 4.71. The first-order valence-electron chi connectivity index (χ1n) is 8.53. The first-order valence-corrected chi connectivity index (χ1v) is 9.68. The van der Waals surface area contributed by atoms with E-state index in [4.69, 9.17) is 5.26 Å². The Hall–Kier alpha value is -3.02. The van der Waals surface area contributed by atoms with Crippen LogP contribution in [0.5, 0.6) is 0 Å². The number of nitriles is 1. The lowest BCUT2D eigenvalue weighted by molar-refractivity contribution is 0.101. The van der Waals surface area contributed by atoms with E-state index < -0.39 is 22.7 Å². The van der Waals surface area contributed by atoms with Gasteiger partial charge in [0.15, 0.2) is 0 Å². The Morgan fingerprint density at radius 2 is 2.07 bits per heavy atom. The van der Waals surface area contributed by atoms with Crippen molar-refractivity contribution >= 4 is 28.7 Å². The molecule has 0 saturated carbocycles. The minimum atomic E-state index is -1.40. The van der Waals surface area contributed by atoms with Gasteiger partial charge in [-0.1, -0.05) is 26.0 Å². The molecule has 0 aliphatic carbocycles. The number of amides is 1. The number of anilines is 1. The summed E-state index contributed by atoms with van der Waals surface area (Å²) in [6, 6.07) is 5.50. The maximum absolute atomic E-state index is 13.4. The van der Waals surface area contributed by atoms with Crippen molar-refractivity contribution in [3.63, 3.8) is 0 Å². The topological polar surface area (TPSA) is 86.9 Å². The number of nitrogens with one attached hydrogen (secondary N) is 2. The Labute approximate surface area is 167 Å². The van der Waals surface area contributed by atoms with Crippen LogP contribution in [0.2, 0.25) is 0 Å². The van der Waals surface area contributed by atoms with Gasteiger partial charge in [0, 0.05) is 31.0 Å². The molecule has 6 nitrogen and oxygen atoms in total. The minimum absolute atomic E-state index is 0.149. The van der Waals surface area contributed by atoms with Crippen LogP contribution in [0.15, 0.2) is 48.5 Å². The lowest BCUT2D eigenvalue weighted by atomic mass is 10.2. The average Bonchev–Trinajstić information content (AvgIpc) is 2.95. The number of hydrogen-bond acceptors (Lipinski definition) is 3. The summed E-state index contributed by atoms with van der Waals surface area (Å²) < 4.78 is 29.9. The molecule has 1 atom stereocenters. The zero-order chi connectivity index (χ0) is 21.3. The monoisotopic (exact) mass is 402 g/mol. The Morgan fingerprint density at radius 1 is 1.39 bits per heavy atom. The van der Waals surface area contributed by atoms with Crippen molar-refractivity contribution in [3.05, 3.63) is 66.3 Å². The van der Waals surface area contributed by atoms with Crippen molar-refractivity contribution in [1.82, 2.24) is 9.29 Å². The highest BCUT2D eigenvalue weighted by Crippen LogP contribution is 2.24. The van der Waals surface area contributed by atoms with Gasteiger partial charge in [-0.2, -0.15) is 5.26 Å². The van der Waals surface area contributed by atoms with E-state index in [-0.39, 0.29) is 5.56 Å². The molecule has 148 valence electrons. The summed E-state index contributed by atoms with van der Waals surface area (Å²) in [7, 11) is 0.281. The molecule has 1 aromatic heterocycles. The maximum Gasteiger partial charge on any atom is 0.272 e. The van der Waals surface area contributed by atoms with E-state index in [9.17, 15) is 13.4 Å². The molecule has 0 spiro atoms. The van der Waals surface area contributed by atoms with Crippen LogP contribution in [0.4, 0.5) is 10.1 Å². The number of fused-ring (bicyclic) bond motifs is 1. The zero-order valence-corrected chi connectivity index (χ0v) is 16.9. The van der Waals surface area contributed by atoms with E-state index in [0.717, 1.165) is 6.07 Å². The second kappa shape index (κ2) is 11.0. The number of benzene rings is 1. The van der Waals surface area contributed by atoms with Crippen LogP contribution in [0.1, 0.15) is 35.5 Å². The lowest BCUT2D eigenvalue weighted by Gasteiger charge is -2.08. The van der Waals surface area contributed by atoms with Gasteiger partial charge in [-0.3, -0.25) is 4.79 Å². The molecule has 0 fully saturated rings. The highest BCUT2D eigenvalue weighted by atomic mass is 32.2. The van der Waals surface area contributed by atoms with Gasteiger partial charge in [-0.15, -0.1) is 13.2 Å². The number of carbonyl (C=O) groups is 1. The molecule has 1 aromatic carbocycles. The fraction of sp³-hybridized carbons (Fsp3) is 0.200. The smallest absolute Gasteiger partial charge is 0.272 e. The number of rotatable bonds is 2. The summed E-state index contributed by atoms with van der Waals surface area (Å²) in [4.78, 5) is 13.1. The van der Waals surface area contributed by atoms with Gasteiger partial charge in [0.05, 0.1) is 10.5 Å². The molecular formula is C20H23FN4O2S. The Balaban J connectivity index is 0.000000921. The number of nitrogens with zero attached hydrogens (tertiary/aromatic N) is 2. The average molecular weight is 402 g/mol. The Bertz CT molecular complexity index is 944. The second-order valence-corrected chi connectivity index (χ2v) is 6.41. The lowest BCUT2D eigenvalue weighted by Crippen LogP contribution is -2.17. The van der Waals surface area contributed by atoms with Crippen molar-refractivity contribution < 1.29 is 13.4 Å². The number of halogens is 1. The molecule has 2 heterocycles. The molecule has 2 aromatic rings. The third kappa shape index (κ3) is 5.03. The first-order chi connectivity index (χ1) is 13.5. The molecule has 1 aliphatic heterocycles. The zero-order valence-electron chi connectivity index (χ0n) is 16.1. The van der Waals surface area contributed by atoms with E-state index in [1.54, 1.807) is 36.0 Å². The number of aromatic nitrogens is 1. The molecular weight excluding hydrogens is 379 g/mol. The second-order valence-electron chi connectivity index (χ2n) is 5.15. The molecule has 0 bridgehead atoms. The van der Waals surface area contributed by atoms with Crippen LogP contribution in [-0.2, 0) is 18.0 Å². The van der Waals surface area contributed by atoms with E-state index in [2.05, 4.69) is 23.2 Å². The summed E-state index contributed by atoms with van der Waals surface area (Å²) in [5, 5.41) is 11.5. The highest BCUT2D eigenvalue weighted by molar-refractivity contribution is 7.83. The molecule has 1 amide bonds. The van der Waals surface area contributed by atoms with E-state index in [1.807, 2.05) is 13.8 Å². The number of carbonyl (C=O) groups excluding carboxylic acids is 1. The number of hydrogen-bond donors (Lipinski definition) is 2. The molecule has 1 aliphatic rings. The van der Waals surface area contributed by atoms with Crippen molar-refractivity contribution in [2.75, 3.05) is 11.9 Å². The first kappa shape index (κ1) is 23.0. The summed E-state index contributed by atoms with van der Waals surface area (Å²) in [6.07, 6.45) is 5.16.